The zero-order valence-corrected chi connectivity index (χ0v) is 27.5. The third-order valence-electron chi connectivity index (χ3n) is 8.91. The summed E-state index contributed by atoms with van der Waals surface area (Å²) in [4.78, 5) is 4.40. The number of nitrogens with zero attached hydrogens (tertiary/aromatic N) is 4. The Morgan fingerprint density at radius 3 is 2.12 bits per heavy atom. The van der Waals surface area contributed by atoms with Crippen LogP contribution in [0.2, 0.25) is 0 Å². The average molecular weight is 633 g/mol. The maximum atomic E-state index is 13.0. The van der Waals surface area contributed by atoms with Crippen molar-refractivity contribution in [3.8, 4) is 0 Å². The van der Waals surface area contributed by atoms with Gasteiger partial charge >= 0.3 is 0 Å². The second-order valence-corrected chi connectivity index (χ2v) is 14.9. The second-order valence-electron chi connectivity index (χ2n) is 12.2. The third kappa shape index (κ3) is 10.5. The smallest absolute Gasteiger partial charge is 0.279 e. The predicted octanol–water partition coefficient (Wildman–Crippen LogP) is 4.73. The minimum atomic E-state index is -3.50. The molecular weight excluding hydrogens is 583 g/mol. The summed E-state index contributed by atoms with van der Waals surface area (Å²) in [5.41, 5.74) is 2.98. The molecule has 1 N–H and O–H groups in total. The number of rotatable bonds is 16. The van der Waals surface area contributed by atoms with Gasteiger partial charge in [0.25, 0.3) is 10.2 Å². The van der Waals surface area contributed by atoms with Crippen LogP contribution in [0.5, 0.6) is 0 Å². The number of benzene rings is 2. The molecule has 0 aromatic heterocycles. The Balaban J connectivity index is 1.25. The number of piperidine rings is 1. The number of hydrogen-bond acceptors (Lipinski definition) is 6. The minimum absolute atomic E-state index is 0.400. The van der Waals surface area contributed by atoms with E-state index in [9.17, 15) is 17.2 Å². The molecule has 0 spiro atoms. The van der Waals surface area contributed by atoms with E-state index < -0.39 is 21.5 Å². The van der Waals surface area contributed by atoms with Gasteiger partial charge in [-0.25, -0.2) is 4.72 Å². The molecule has 11 heteroatoms. The van der Waals surface area contributed by atoms with Crippen LogP contribution in [0.15, 0.2) is 54.6 Å². The molecule has 2 aliphatic rings. The molecule has 0 radical (unpaired) electrons. The summed E-state index contributed by atoms with van der Waals surface area (Å²) in [6.07, 6.45) is 9.41. The summed E-state index contributed by atoms with van der Waals surface area (Å²) >= 11 is -2.36. The number of nitrogens with one attached hydrogen (secondary N) is 1. The molecule has 4 rings (SSSR count). The zero-order valence-electron chi connectivity index (χ0n) is 25.9. The van der Waals surface area contributed by atoms with Gasteiger partial charge in [-0.15, -0.1) is 0 Å². The van der Waals surface area contributed by atoms with Gasteiger partial charge in [0, 0.05) is 69.5 Å². The van der Waals surface area contributed by atoms with Crippen LogP contribution < -0.4 is 13.9 Å². The predicted molar refractivity (Wildman–Crippen MR) is 176 cm³/mol. The van der Waals surface area contributed by atoms with Crippen LogP contribution in [0.3, 0.4) is 0 Å². The maximum Gasteiger partial charge on any atom is 0.279 e. The molecule has 0 bridgehead atoms. The molecule has 1 unspecified atom stereocenters. The fourth-order valence-electron chi connectivity index (χ4n) is 6.42. The van der Waals surface area contributed by atoms with Crippen molar-refractivity contribution >= 4 is 32.9 Å². The Hall–Kier alpha value is -2.02. The van der Waals surface area contributed by atoms with Crippen molar-refractivity contribution in [3.63, 3.8) is 0 Å². The van der Waals surface area contributed by atoms with Crippen LogP contribution in [0.1, 0.15) is 69.3 Å². The summed E-state index contributed by atoms with van der Waals surface area (Å²) in [7, 11) is 0.411. The van der Waals surface area contributed by atoms with E-state index in [-0.39, 0.29) is 0 Å². The van der Waals surface area contributed by atoms with E-state index in [2.05, 4.69) is 21.8 Å². The van der Waals surface area contributed by atoms with Gasteiger partial charge in [-0.2, -0.15) is 12.7 Å². The van der Waals surface area contributed by atoms with E-state index in [1.807, 2.05) is 61.5 Å². The molecule has 1 saturated heterocycles. The van der Waals surface area contributed by atoms with Gasteiger partial charge in [-0.1, -0.05) is 49.6 Å². The summed E-state index contributed by atoms with van der Waals surface area (Å²) in [6, 6.07) is 17.9. The molecule has 1 atom stereocenters. The molecule has 1 heterocycles. The van der Waals surface area contributed by atoms with Crippen molar-refractivity contribution < 1.29 is 17.2 Å². The summed E-state index contributed by atoms with van der Waals surface area (Å²) in [5, 5.41) is 0. The van der Waals surface area contributed by atoms with Gasteiger partial charge < -0.3 is 18.7 Å². The lowest BCUT2D eigenvalue weighted by Gasteiger charge is -2.32. The second kappa shape index (κ2) is 16.9. The first-order valence-electron chi connectivity index (χ1n) is 15.9. The van der Waals surface area contributed by atoms with Crippen LogP contribution in [0, 0.1) is 5.92 Å². The fourth-order valence-corrected chi connectivity index (χ4v) is 8.27. The lowest BCUT2D eigenvalue weighted by atomic mass is 9.89. The minimum Gasteiger partial charge on any atom is -0.755 e. The monoisotopic (exact) mass is 632 g/mol. The van der Waals surface area contributed by atoms with Crippen molar-refractivity contribution in [2.45, 2.75) is 63.7 Å². The fraction of sp³-hybridized carbons (Fsp3) is 0.625. The molecule has 2 aromatic carbocycles. The molecular formula is C32H50N5O4S2-. The van der Waals surface area contributed by atoms with Crippen molar-refractivity contribution in [1.29, 1.82) is 0 Å². The highest BCUT2D eigenvalue weighted by atomic mass is 32.2. The van der Waals surface area contributed by atoms with Crippen molar-refractivity contribution in [2.75, 3.05) is 69.1 Å². The Bertz CT molecular complexity index is 1220. The average Bonchev–Trinajstić information content (AvgIpc) is 3.02. The summed E-state index contributed by atoms with van der Waals surface area (Å²) in [5.74, 6) is 1.06. The standard InChI is InChI=1S/C32H51N5O4S2/c1-34(2)31-15-17-32(18-16-31)37(42(38)39)24-10-23-35(27-28-11-5-3-6-12-28)22-9-21-33-43(40,41)36-25-19-30(20-26-36)29-13-7-4-8-14-29/h4,7-8,13-18,28,30,33H,3,5-6,9-12,19-27H2,1-2H3,(H,38,39)/p-1. The van der Waals surface area contributed by atoms with Crippen LogP contribution in [-0.4, -0.2) is 86.3 Å². The van der Waals surface area contributed by atoms with E-state index in [1.54, 1.807) is 4.31 Å². The van der Waals surface area contributed by atoms with Gasteiger partial charge in [0.1, 0.15) is 0 Å². The van der Waals surface area contributed by atoms with Gasteiger partial charge in [-0.05, 0) is 93.3 Å². The van der Waals surface area contributed by atoms with Gasteiger partial charge in [0.15, 0.2) is 0 Å². The van der Waals surface area contributed by atoms with E-state index in [0.717, 1.165) is 44.6 Å². The molecule has 2 aromatic rings. The molecule has 0 amide bonds. The van der Waals surface area contributed by atoms with Crippen LogP contribution >= 0.6 is 0 Å². The van der Waals surface area contributed by atoms with Crippen LogP contribution in [0.4, 0.5) is 11.4 Å². The highest BCUT2D eigenvalue weighted by Crippen LogP contribution is 2.29. The first-order chi connectivity index (χ1) is 20.7. The van der Waals surface area contributed by atoms with Crippen LogP contribution in [-0.2, 0) is 21.5 Å². The van der Waals surface area contributed by atoms with Crippen molar-refractivity contribution in [2.24, 2.45) is 5.92 Å². The van der Waals surface area contributed by atoms with E-state index in [4.69, 9.17) is 0 Å². The highest BCUT2D eigenvalue weighted by molar-refractivity contribution is 7.87. The van der Waals surface area contributed by atoms with Crippen molar-refractivity contribution in [3.05, 3.63) is 60.2 Å². The normalized spacial score (nSPS) is 18.1. The molecule has 1 aliphatic carbocycles. The molecule has 240 valence electrons. The van der Waals surface area contributed by atoms with E-state index in [1.165, 1.54) is 42.0 Å². The molecule has 1 saturated carbocycles. The maximum absolute atomic E-state index is 13.0. The number of anilines is 2. The Kier molecular flexibility index (Phi) is 13.3. The topological polar surface area (TPSA) is 99.3 Å². The van der Waals surface area contributed by atoms with Gasteiger partial charge in [0.05, 0.1) is 0 Å². The first kappa shape index (κ1) is 33.9. The van der Waals surface area contributed by atoms with E-state index in [0.29, 0.717) is 50.1 Å². The summed E-state index contributed by atoms with van der Waals surface area (Å²) < 4.78 is 56.1. The molecule has 1 aliphatic heterocycles. The zero-order chi connectivity index (χ0) is 30.7. The summed E-state index contributed by atoms with van der Waals surface area (Å²) in [6.45, 7) is 4.43. The molecule has 2 fully saturated rings. The van der Waals surface area contributed by atoms with Gasteiger partial charge in [0.2, 0.25) is 0 Å². The SMILES string of the molecule is CN(C)c1ccc(N(CCCN(CCCNS(=O)(=O)N2CCC(c3ccccc3)CC2)CC2CCCCC2)S(=O)[O-])cc1. The lowest BCUT2D eigenvalue weighted by Crippen LogP contribution is -2.45. The van der Waals surface area contributed by atoms with Crippen molar-refractivity contribution in [1.82, 2.24) is 13.9 Å². The first-order valence-corrected chi connectivity index (χ1v) is 18.4. The Morgan fingerprint density at radius 2 is 1.49 bits per heavy atom. The van der Waals surface area contributed by atoms with Gasteiger partial charge in [-0.3, -0.25) is 4.21 Å². The highest BCUT2D eigenvalue weighted by Gasteiger charge is 2.28. The Labute approximate surface area is 262 Å². The van der Waals surface area contributed by atoms with Crippen LogP contribution in [0.25, 0.3) is 0 Å². The lowest BCUT2D eigenvalue weighted by molar-refractivity contribution is 0.198. The number of hydrogen-bond donors (Lipinski definition) is 1. The molecule has 43 heavy (non-hydrogen) atoms. The molecule has 9 nitrogen and oxygen atoms in total. The Morgan fingerprint density at radius 1 is 0.860 bits per heavy atom. The van der Waals surface area contributed by atoms with E-state index >= 15 is 0 Å². The quantitative estimate of drug-likeness (QED) is 0.212. The third-order valence-corrected chi connectivity index (χ3v) is 11.3. The largest absolute Gasteiger partial charge is 0.755 e.